The third-order valence-electron chi connectivity index (χ3n) is 4.00. The maximum absolute atomic E-state index is 12.1. The molecule has 134 valence electrons. The standard InChI is InChI=1S/C20H21N3O3/c1-25-17-10-6-5-9-16(17)13-14-21-19(24)20-23-22-18(26-20)12-11-15-7-3-2-4-8-15/h2-10H,11-14H2,1H3,(H,21,24). The second-order valence-electron chi connectivity index (χ2n) is 5.80. The van der Waals surface area contributed by atoms with Crippen LogP contribution in [0.1, 0.15) is 27.7 Å². The van der Waals surface area contributed by atoms with Gasteiger partial charge in [0.15, 0.2) is 0 Å². The molecule has 1 heterocycles. The van der Waals surface area contributed by atoms with E-state index in [0.717, 1.165) is 17.7 Å². The number of benzene rings is 2. The molecule has 0 unspecified atom stereocenters. The Morgan fingerprint density at radius 2 is 1.77 bits per heavy atom. The van der Waals surface area contributed by atoms with E-state index >= 15 is 0 Å². The van der Waals surface area contributed by atoms with Crippen molar-refractivity contribution in [3.8, 4) is 5.75 Å². The third kappa shape index (κ3) is 4.69. The van der Waals surface area contributed by atoms with E-state index in [9.17, 15) is 4.79 Å². The summed E-state index contributed by atoms with van der Waals surface area (Å²) < 4.78 is 10.8. The summed E-state index contributed by atoms with van der Waals surface area (Å²) in [4.78, 5) is 12.1. The second kappa shape index (κ2) is 8.80. The lowest BCUT2D eigenvalue weighted by Crippen LogP contribution is -2.26. The summed E-state index contributed by atoms with van der Waals surface area (Å²) in [6.07, 6.45) is 2.05. The zero-order valence-electron chi connectivity index (χ0n) is 14.6. The number of carbonyl (C=O) groups excluding carboxylic acids is 1. The average Bonchev–Trinajstić information content (AvgIpc) is 3.17. The molecule has 0 atom stereocenters. The second-order valence-corrected chi connectivity index (χ2v) is 5.80. The van der Waals surface area contributed by atoms with Crippen molar-refractivity contribution in [1.29, 1.82) is 0 Å². The molecule has 1 amide bonds. The number of rotatable bonds is 8. The van der Waals surface area contributed by atoms with Crippen LogP contribution in [0.2, 0.25) is 0 Å². The monoisotopic (exact) mass is 351 g/mol. The summed E-state index contributed by atoms with van der Waals surface area (Å²) in [5.41, 5.74) is 2.22. The lowest BCUT2D eigenvalue weighted by molar-refractivity contribution is 0.0917. The fourth-order valence-electron chi connectivity index (χ4n) is 2.64. The number of carbonyl (C=O) groups is 1. The Hall–Kier alpha value is -3.15. The fraction of sp³-hybridized carbons (Fsp3) is 0.250. The molecule has 6 heteroatoms. The average molecular weight is 351 g/mol. The summed E-state index contributed by atoms with van der Waals surface area (Å²) in [6.45, 7) is 0.459. The lowest BCUT2D eigenvalue weighted by Gasteiger charge is -2.08. The molecule has 3 aromatic rings. The van der Waals surface area contributed by atoms with Gasteiger partial charge >= 0.3 is 11.8 Å². The van der Waals surface area contributed by atoms with E-state index in [-0.39, 0.29) is 11.8 Å². The predicted octanol–water partition coefficient (Wildman–Crippen LogP) is 2.84. The van der Waals surface area contributed by atoms with Crippen molar-refractivity contribution in [3.05, 3.63) is 77.5 Å². The quantitative estimate of drug-likeness (QED) is 0.675. The first-order valence-corrected chi connectivity index (χ1v) is 8.52. The Morgan fingerprint density at radius 1 is 1.00 bits per heavy atom. The van der Waals surface area contributed by atoms with Gasteiger partial charge in [0.2, 0.25) is 5.89 Å². The molecule has 0 aliphatic rings. The highest BCUT2D eigenvalue weighted by molar-refractivity contribution is 5.89. The summed E-state index contributed by atoms with van der Waals surface area (Å²) >= 11 is 0. The number of ether oxygens (including phenoxy) is 1. The molecule has 0 saturated heterocycles. The smallest absolute Gasteiger partial charge is 0.308 e. The van der Waals surface area contributed by atoms with Crippen LogP contribution in [0.4, 0.5) is 0 Å². The zero-order valence-corrected chi connectivity index (χ0v) is 14.6. The number of para-hydroxylation sites is 1. The summed E-state index contributed by atoms with van der Waals surface area (Å²) in [7, 11) is 1.63. The first-order valence-electron chi connectivity index (χ1n) is 8.52. The molecule has 2 aromatic carbocycles. The minimum atomic E-state index is -0.363. The molecule has 0 aliphatic heterocycles. The topological polar surface area (TPSA) is 77.2 Å². The SMILES string of the molecule is COc1ccccc1CCNC(=O)c1nnc(CCc2ccccc2)o1. The van der Waals surface area contributed by atoms with Crippen molar-refractivity contribution in [2.45, 2.75) is 19.3 Å². The maximum atomic E-state index is 12.1. The number of hydrogen-bond donors (Lipinski definition) is 1. The van der Waals surface area contributed by atoms with Crippen LogP contribution in [0.5, 0.6) is 5.75 Å². The highest BCUT2D eigenvalue weighted by atomic mass is 16.5. The van der Waals surface area contributed by atoms with Gasteiger partial charge in [-0.15, -0.1) is 10.2 Å². The zero-order chi connectivity index (χ0) is 18.2. The van der Waals surface area contributed by atoms with E-state index in [1.807, 2.05) is 54.6 Å². The fourth-order valence-corrected chi connectivity index (χ4v) is 2.64. The normalized spacial score (nSPS) is 10.5. The Labute approximate surface area is 152 Å². The molecule has 0 aliphatic carbocycles. The van der Waals surface area contributed by atoms with E-state index in [4.69, 9.17) is 9.15 Å². The van der Waals surface area contributed by atoms with Gasteiger partial charge in [-0.25, -0.2) is 0 Å². The molecule has 1 N–H and O–H groups in total. The van der Waals surface area contributed by atoms with Crippen molar-refractivity contribution in [2.75, 3.05) is 13.7 Å². The molecule has 0 fully saturated rings. The first kappa shape index (κ1) is 17.7. The Kier molecular flexibility index (Phi) is 5.98. The molecule has 0 saturated carbocycles. The first-order chi connectivity index (χ1) is 12.8. The Bertz CT molecular complexity index is 846. The van der Waals surface area contributed by atoms with E-state index < -0.39 is 0 Å². The van der Waals surface area contributed by atoms with Gasteiger partial charge in [-0.3, -0.25) is 4.79 Å². The Balaban J connectivity index is 1.48. The molecular weight excluding hydrogens is 330 g/mol. The maximum Gasteiger partial charge on any atom is 0.308 e. The third-order valence-corrected chi connectivity index (χ3v) is 4.00. The molecule has 26 heavy (non-hydrogen) atoms. The van der Waals surface area contributed by atoms with Crippen LogP contribution in [0.25, 0.3) is 0 Å². The van der Waals surface area contributed by atoms with Gasteiger partial charge in [0.1, 0.15) is 5.75 Å². The largest absolute Gasteiger partial charge is 0.496 e. The number of methoxy groups -OCH3 is 1. The molecule has 1 aromatic heterocycles. The van der Waals surface area contributed by atoms with Gasteiger partial charge in [-0.2, -0.15) is 0 Å². The molecule has 0 radical (unpaired) electrons. The Morgan fingerprint density at radius 3 is 2.58 bits per heavy atom. The van der Waals surface area contributed by atoms with Gasteiger partial charge < -0.3 is 14.5 Å². The molecule has 3 rings (SSSR count). The number of aromatic nitrogens is 2. The van der Waals surface area contributed by atoms with Crippen LogP contribution < -0.4 is 10.1 Å². The van der Waals surface area contributed by atoms with Crippen molar-refractivity contribution < 1.29 is 13.9 Å². The van der Waals surface area contributed by atoms with Crippen LogP contribution in [0.15, 0.2) is 59.0 Å². The lowest BCUT2D eigenvalue weighted by atomic mass is 10.1. The minimum Gasteiger partial charge on any atom is -0.496 e. The highest BCUT2D eigenvalue weighted by Crippen LogP contribution is 2.17. The van der Waals surface area contributed by atoms with Crippen molar-refractivity contribution >= 4 is 5.91 Å². The summed E-state index contributed by atoms with van der Waals surface area (Å²) in [5.74, 6) is 0.901. The predicted molar refractivity (Wildman–Crippen MR) is 97.2 cm³/mol. The molecular formula is C20H21N3O3. The number of aryl methyl sites for hydroxylation is 2. The summed E-state index contributed by atoms with van der Waals surface area (Å²) in [6, 6.07) is 17.8. The number of nitrogens with one attached hydrogen (secondary N) is 1. The van der Waals surface area contributed by atoms with Gasteiger partial charge in [0.25, 0.3) is 0 Å². The number of amides is 1. The molecule has 6 nitrogen and oxygen atoms in total. The van der Waals surface area contributed by atoms with Crippen molar-refractivity contribution in [2.24, 2.45) is 0 Å². The van der Waals surface area contributed by atoms with Crippen molar-refractivity contribution in [1.82, 2.24) is 15.5 Å². The van der Waals surface area contributed by atoms with Crippen LogP contribution in [0, 0.1) is 0 Å². The van der Waals surface area contributed by atoms with Gasteiger partial charge in [-0.1, -0.05) is 48.5 Å². The van der Waals surface area contributed by atoms with E-state index in [1.54, 1.807) is 7.11 Å². The van der Waals surface area contributed by atoms with Crippen molar-refractivity contribution in [3.63, 3.8) is 0 Å². The van der Waals surface area contributed by atoms with E-state index in [1.165, 1.54) is 5.56 Å². The van der Waals surface area contributed by atoms with Gasteiger partial charge in [0.05, 0.1) is 7.11 Å². The van der Waals surface area contributed by atoms with Crippen LogP contribution in [-0.2, 0) is 19.3 Å². The summed E-state index contributed by atoms with van der Waals surface area (Å²) in [5, 5.41) is 10.6. The van der Waals surface area contributed by atoms with Gasteiger partial charge in [-0.05, 0) is 30.0 Å². The van der Waals surface area contributed by atoms with E-state index in [2.05, 4.69) is 15.5 Å². The van der Waals surface area contributed by atoms with Crippen LogP contribution >= 0.6 is 0 Å². The van der Waals surface area contributed by atoms with Crippen LogP contribution in [-0.4, -0.2) is 29.8 Å². The molecule has 0 spiro atoms. The highest BCUT2D eigenvalue weighted by Gasteiger charge is 2.14. The van der Waals surface area contributed by atoms with Gasteiger partial charge in [0, 0.05) is 13.0 Å². The molecule has 0 bridgehead atoms. The number of nitrogens with zero attached hydrogens (tertiary/aromatic N) is 2. The minimum absolute atomic E-state index is 0.00640. The van der Waals surface area contributed by atoms with E-state index in [0.29, 0.717) is 25.3 Å². The van der Waals surface area contributed by atoms with Crippen LogP contribution in [0.3, 0.4) is 0 Å². The number of hydrogen-bond acceptors (Lipinski definition) is 5.